The minimum Gasteiger partial charge on any atom is -0.377 e. The van der Waals surface area contributed by atoms with Crippen LogP contribution >= 0.6 is 0 Å². The second-order valence-electron chi connectivity index (χ2n) is 4.27. The SMILES string of the molecule is [B][C@@H]1O[C@@]2(C)CN(C)OC1[C@H]2CC. The Morgan fingerprint density at radius 1 is 1.62 bits per heavy atom. The Hall–Kier alpha value is -0.0551. The standard InChI is InChI=1S/C9H16BNO2/c1-4-6-7-8(10)12-9(6,2)5-11(3)13-7/h6-8H,4-5H2,1-3H3/t6-,7?,8-,9+/m1/s1. The summed E-state index contributed by atoms with van der Waals surface area (Å²) in [6.45, 7) is 5.09. The van der Waals surface area contributed by atoms with E-state index in [1.165, 1.54) is 0 Å². The molecular formula is C9H16BNO2. The number of hydrogen-bond acceptors (Lipinski definition) is 3. The summed E-state index contributed by atoms with van der Waals surface area (Å²) in [5.74, 6) is 0.429. The molecule has 0 saturated carbocycles. The minimum atomic E-state index is -0.264. The van der Waals surface area contributed by atoms with E-state index in [0.29, 0.717) is 5.92 Å². The lowest BCUT2D eigenvalue weighted by Crippen LogP contribution is -2.51. The molecule has 0 amide bonds. The van der Waals surface area contributed by atoms with Crippen molar-refractivity contribution in [1.29, 1.82) is 0 Å². The number of hydroxylamine groups is 2. The highest BCUT2D eigenvalue weighted by atomic mass is 16.7. The smallest absolute Gasteiger partial charge is 0.112 e. The molecule has 2 radical (unpaired) electrons. The number of rotatable bonds is 1. The van der Waals surface area contributed by atoms with Crippen LogP contribution in [0, 0.1) is 5.92 Å². The molecule has 2 aliphatic rings. The molecule has 0 aromatic carbocycles. The first kappa shape index (κ1) is 9.50. The van der Waals surface area contributed by atoms with Crippen LogP contribution in [0.25, 0.3) is 0 Å². The molecule has 0 N–H and O–H groups in total. The molecule has 72 valence electrons. The monoisotopic (exact) mass is 181 g/mol. The van der Waals surface area contributed by atoms with Gasteiger partial charge in [-0.2, -0.15) is 5.06 Å². The Morgan fingerprint density at radius 2 is 2.31 bits per heavy atom. The second kappa shape index (κ2) is 2.97. The van der Waals surface area contributed by atoms with Gasteiger partial charge in [-0.25, -0.2) is 0 Å². The van der Waals surface area contributed by atoms with Gasteiger partial charge in [0, 0.05) is 19.0 Å². The van der Waals surface area contributed by atoms with Crippen molar-refractivity contribution in [2.24, 2.45) is 5.92 Å². The summed E-state index contributed by atoms with van der Waals surface area (Å²) >= 11 is 0. The van der Waals surface area contributed by atoms with Gasteiger partial charge in [0.05, 0.1) is 12.1 Å². The second-order valence-corrected chi connectivity index (χ2v) is 4.27. The van der Waals surface area contributed by atoms with E-state index in [1.54, 1.807) is 0 Å². The van der Waals surface area contributed by atoms with Crippen molar-refractivity contribution in [3.8, 4) is 0 Å². The molecule has 13 heavy (non-hydrogen) atoms. The number of fused-ring (bicyclic) bond motifs is 2. The molecular weight excluding hydrogens is 165 g/mol. The van der Waals surface area contributed by atoms with E-state index in [-0.39, 0.29) is 17.7 Å². The van der Waals surface area contributed by atoms with E-state index in [0.717, 1.165) is 13.0 Å². The molecule has 0 aliphatic carbocycles. The molecule has 2 fully saturated rings. The maximum Gasteiger partial charge on any atom is 0.112 e. The fourth-order valence-electron chi connectivity index (χ4n) is 2.68. The van der Waals surface area contributed by atoms with Gasteiger partial charge >= 0.3 is 0 Å². The van der Waals surface area contributed by atoms with Gasteiger partial charge in [-0.3, -0.25) is 4.84 Å². The first-order valence-electron chi connectivity index (χ1n) is 4.88. The van der Waals surface area contributed by atoms with Crippen LogP contribution in [-0.2, 0) is 9.57 Å². The molecule has 4 atom stereocenters. The zero-order chi connectivity index (χ0) is 9.64. The predicted octanol–water partition coefficient (Wildman–Crippen LogP) is 0.542. The Morgan fingerprint density at radius 3 is 2.85 bits per heavy atom. The predicted molar refractivity (Wildman–Crippen MR) is 50.3 cm³/mol. The van der Waals surface area contributed by atoms with Crippen LogP contribution in [0.1, 0.15) is 20.3 Å². The first-order chi connectivity index (χ1) is 6.07. The third kappa shape index (κ3) is 1.32. The molecule has 2 bridgehead atoms. The summed E-state index contributed by atoms with van der Waals surface area (Å²) in [6, 6.07) is -0.264. The van der Waals surface area contributed by atoms with E-state index in [2.05, 4.69) is 13.8 Å². The normalized spacial score (nSPS) is 51.2. The van der Waals surface area contributed by atoms with Crippen LogP contribution in [0.5, 0.6) is 0 Å². The van der Waals surface area contributed by atoms with Crippen LogP contribution in [-0.4, -0.2) is 44.2 Å². The molecule has 0 spiro atoms. The molecule has 4 heteroatoms. The zero-order valence-corrected chi connectivity index (χ0v) is 8.49. The van der Waals surface area contributed by atoms with Crippen LogP contribution in [0.4, 0.5) is 0 Å². The van der Waals surface area contributed by atoms with Gasteiger partial charge in [-0.05, 0) is 13.3 Å². The van der Waals surface area contributed by atoms with Crippen molar-refractivity contribution in [1.82, 2.24) is 5.06 Å². The lowest BCUT2D eigenvalue weighted by Gasteiger charge is -2.40. The third-order valence-corrected chi connectivity index (χ3v) is 3.19. The summed E-state index contributed by atoms with van der Waals surface area (Å²) in [6.07, 6.45) is 1.09. The summed E-state index contributed by atoms with van der Waals surface area (Å²) in [4.78, 5) is 5.64. The quantitative estimate of drug-likeness (QED) is 0.551. The fourth-order valence-corrected chi connectivity index (χ4v) is 2.68. The van der Waals surface area contributed by atoms with Crippen molar-refractivity contribution in [2.75, 3.05) is 13.6 Å². The van der Waals surface area contributed by atoms with Gasteiger partial charge in [0.15, 0.2) is 0 Å². The van der Waals surface area contributed by atoms with Gasteiger partial charge in [-0.1, -0.05) is 6.92 Å². The Balaban J connectivity index is 2.24. The lowest BCUT2D eigenvalue weighted by atomic mass is 9.80. The Labute approximate surface area is 80.7 Å². The highest BCUT2D eigenvalue weighted by molar-refractivity contribution is 6.11. The maximum absolute atomic E-state index is 5.86. The van der Waals surface area contributed by atoms with Crippen LogP contribution in [0.15, 0.2) is 0 Å². The molecule has 3 nitrogen and oxygen atoms in total. The summed E-state index contributed by atoms with van der Waals surface area (Å²) in [5, 5.41) is 1.84. The van der Waals surface area contributed by atoms with Gasteiger partial charge in [0.1, 0.15) is 14.0 Å². The van der Waals surface area contributed by atoms with Gasteiger partial charge in [-0.15, -0.1) is 0 Å². The largest absolute Gasteiger partial charge is 0.377 e. The van der Waals surface area contributed by atoms with Crippen LogP contribution in [0.3, 0.4) is 0 Å². The van der Waals surface area contributed by atoms with E-state index in [1.807, 2.05) is 12.1 Å². The van der Waals surface area contributed by atoms with Crippen molar-refractivity contribution in [3.63, 3.8) is 0 Å². The van der Waals surface area contributed by atoms with Gasteiger partial charge in [0.2, 0.25) is 0 Å². The number of likely N-dealkylation sites (N-methyl/N-ethyl adjacent to an activating group) is 1. The Kier molecular flexibility index (Phi) is 2.17. The van der Waals surface area contributed by atoms with Crippen molar-refractivity contribution in [2.45, 2.75) is 38.0 Å². The molecule has 2 aliphatic heterocycles. The molecule has 0 aromatic heterocycles. The highest BCUT2D eigenvalue weighted by Gasteiger charge is 2.54. The maximum atomic E-state index is 5.86. The first-order valence-corrected chi connectivity index (χ1v) is 4.88. The van der Waals surface area contributed by atoms with Crippen molar-refractivity contribution >= 4 is 7.85 Å². The van der Waals surface area contributed by atoms with Crippen LogP contribution < -0.4 is 0 Å². The number of ether oxygens (including phenoxy) is 1. The average molecular weight is 181 g/mol. The van der Waals surface area contributed by atoms with Crippen molar-refractivity contribution in [3.05, 3.63) is 0 Å². The van der Waals surface area contributed by atoms with Crippen molar-refractivity contribution < 1.29 is 9.57 Å². The highest BCUT2D eigenvalue weighted by Crippen LogP contribution is 2.43. The molecule has 1 unspecified atom stereocenters. The molecule has 2 rings (SSSR count). The van der Waals surface area contributed by atoms with E-state index < -0.39 is 0 Å². The van der Waals surface area contributed by atoms with E-state index in [4.69, 9.17) is 17.4 Å². The van der Waals surface area contributed by atoms with E-state index >= 15 is 0 Å². The molecule has 0 aromatic rings. The number of nitrogens with zero attached hydrogens (tertiary/aromatic N) is 1. The van der Waals surface area contributed by atoms with E-state index in [9.17, 15) is 0 Å². The zero-order valence-electron chi connectivity index (χ0n) is 8.49. The summed E-state index contributed by atoms with van der Waals surface area (Å²) in [5.41, 5.74) is -0.119. The third-order valence-electron chi connectivity index (χ3n) is 3.19. The number of hydrogen-bond donors (Lipinski definition) is 0. The fraction of sp³-hybridized carbons (Fsp3) is 1.00. The molecule has 2 saturated heterocycles. The van der Waals surface area contributed by atoms with Gasteiger partial charge in [0.25, 0.3) is 0 Å². The average Bonchev–Trinajstić information content (AvgIpc) is 2.15. The summed E-state index contributed by atoms with van der Waals surface area (Å²) < 4.78 is 5.76. The Bertz CT molecular complexity index is 210. The topological polar surface area (TPSA) is 21.7 Å². The lowest BCUT2D eigenvalue weighted by molar-refractivity contribution is -0.231. The molecule has 2 heterocycles. The van der Waals surface area contributed by atoms with Gasteiger partial charge < -0.3 is 4.74 Å². The minimum absolute atomic E-state index is 0.0359. The van der Waals surface area contributed by atoms with Crippen LogP contribution in [0.2, 0.25) is 0 Å². The summed E-state index contributed by atoms with van der Waals surface area (Å²) in [7, 11) is 7.79.